The molecule has 0 rings (SSSR count). The quantitative estimate of drug-likeness (QED) is 0.585. The van der Waals surface area contributed by atoms with E-state index in [0.29, 0.717) is 19.5 Å². The zero-order valence-corrected chi connectivity index (χ0v) is 8.05. The van der Waals surface area contributed by atoms with Gasteiger partial charge in [0.1, 0.15) is 0 Å². The molecule has 4 heteroatoms. The van der Waals surface area contributed by atoms with Crippen LogP contribution < -0.4 is 11.1 Å². The summed E-state index contributed by atoms with van der Waals surface area (Å²) in [5, 5.41) is 10.9. The van der Waals surface area contributed by atoms with Crippen molar-refractivity contribution in [2.24, 2.45) is 11.7 Å². The lowest BCUT2D eigenvalue weighted by Gasteiger charge is -2.09. The van der Waals surface area contributed by atoms with Crippen LogP contribution in [0.15, 0.2) is 0 Å². The average Bonchev–Trinajstić information content (AvgIpc) is 2.14. The minimum atomic E-state index is 0.00208. The lowest BCUT2D eigenvalue weighted by atomic mass is 10.1. The minimum Gasteiger partial charge on any atom is -0.355 e. The van der Waals surface area contributed by atoms with E-state index in [1.165, 1.54) is 0 Å². The highest BCUT2D eigenvalue weighted by Gasteiger charge is 2.10. The molecule has 1 atom stereocenters. The van der Waals surface area contributed by atoms with Crippen LogP contribution in [0.25, 0.3) is 0 Å². The summed E-state index contributed by atoms with van der Waals surface area (Å²) >= 11 is 0. The molecule has 0 heterocycles. The number of hydrogen-bond donors (Lipinski definition) is 2. The Kier molecular flexibility index (Phi) is 6.93. The van der Waals surface area contributed by atoms with Crippen molar-refractivity contribution in [1.29, 1.82) is 5.26 Å². The molecule has 1 amide bonds. The van der Waals surface area contributed by atoms with Crippen LogP contribution in [0.3, 0.4) is 0 Å². The molecule has 0 aromatic carbocycles. The predicted octanol–water partition coefficient (Wildman–Crippen LogP) is 0.391. The number of nitriles is 1. The van der Waals surface area contributed by atoms with Gasteiger partial charge >= 0.3 is 0 Å². The van der Waals surface area contributed by atoms with Crippen molar-refractivity contribution in [2.45, 2.75) is 26.2 Å². The zero-order chi connectivity index (χ0) is 10.1. The molecular formula is C9H17N3O. The molecule has 4 nitrogen and oxygen atoms in total. The maximum absolute atomic E-state index is 11.3. The molecule has 3 N–H and O–H groups in total. The van der Waals surface area contributed by atoms with Crippen LogP contribution in [0, 0.1) is 17.2 Å². The molecule has 1 unspecified atom stereocenters. The van der Waals surface area contributed by atoms with Gasteiger partial charge in [0.05, 0.1) is 12.5 Å². The second-order valence-electron chi connectivity index (χ2n) is 3.03. The fourth-order valence-electron chi connectivity index (χ4n) is 0.971. The van der Waals surface area contributed by atoms with Crippen LogP contribution in [0.5, 0.6) is 0 Å². The average molecular weight is 183 g/mol. The van der Waals surface area contributed by atoms with Gasteiger partial charge in [-0.1, -0.05) is 6.92 Å². The van der Waals surface area contributed by atoms with Gasteiger partial charge in [-0.3, -0.25) is 4.79 Å². The van der Waals surface area contributed by atoms with Crippen molar-refractivity contribution in [1.82, 2.24) is 5.32 Å². The maximum Gasteiger partial charge on any atom is 0.222 e. The van der Waals surface area contributed by atoms with Crippen LogP contribution in [0.2, 0.25) is 0 Å². The molecule has 0 spiro atoms. The Hall–Kier alpha value is -1.08. The van der Waals surface area contributed by atoms with Gasteiger partial charge in [-0.05, 0) is 19.4 Å². The molecule has 0 aliphatic rings. The van der Waals surface area contributed by atoms with E-state index in [1.807, 2.05) is 13.0 Å². The largest absolute Gasteiger partial charge is 0.355 e. The summed E-state index contributed by atoms with van der Waals surface area (Å²) in [5.41, 5.74) is 5.32. The third-order valence-electron chi connectivity index (χ3n) is 1.82. The summed E-state index contributed by atoms with van der Waals surface area (Å²) in [5.74, 6) is 0.0194. The first-order valence-corrected chi connectivity index (χ1v) is 4.57. The molecule has 0 saturated heterocycles. The number of hydrogen-bond acceptors (Lipinski definition) is 3. The van der Waals surface area contributed by atoms with Gasteiger partial charge < -0.3 is 11.1 Å². The molecule has 0 radical (unpaired) electrons. The summed E-state index contributed by atoms with van der Waals surface area (Å²) in [6.07, 6.45) is 2.05. The van der Waals surface area contributed by atoms with Crippen molar-refractivity contribution >= 4 is 5.91 Å². The van der Waals surface area contributed by atoms with E-state index in [2.05, 4.69) is 5.32 Å². The lowest BCUT2D eigenvalue weighted by molar-refractivity contribution is -0.124. The van der Waals surface area contributed by atoms with Crippen LogP contribution in [0.4, 0.5) is 0 Å². The molecule has 0 fully saturated rings. The van der Waals surface area contributed by atoms with Crippen molar-refractivity contribution in [3.05, 3.63) is 0 Å². The first-order valence-electron chi connectivity index (χ1n) is 4.57. The summed E-state index contributed by atoms with van der Waals surface area (Å²) in [4.78, 5) is 11.3. The third-order valence-corrected chi connectivity index (χ3v) is 1.82. The number of carbonyl (C=O) groups is 1. The number of nitrogens with one attached hydrogen (secondary N) is 1. The van der Waals surface area contributed by atoms with Crippen molar-refractivity contribution in [2.75, 3.05) is 13.1 Å². The van der Waals surface area contributed by atoms with Gasteiger partial charge in [0.25, 0.3) is 0 Å². The normalized spacial score (nSPS) is 11.8. The highest BCUT2D eigenvalue weighted by atomic mass is 16.1. The molecular weight excluding hydrogens is 166 g/mol. The highest BCUT2D eigenvalue weighted by Crippen LogP contribution is 2.03. The van der Waals surface area contributed by atoms with Gasteiger partial charge in [-0.25, -0.2) is 0 Å². The Morgan fingerprint density at radius 3 is 2.92 bits per heavy atom. The van der Waals surface area contributed by atoms with E-state index in [9.17, 15) is 4.79 Å². The highest BCUT2D eigenvalue weighted by molar-refractivity contribution is 5.78. The number of nitrogens with two attached hydrogens (primary N) is 1. The van der Waals surface area contributed by atoms with E-state index in [4.69, 9.17) is 11.0 Å². The monoisotopic (exact) mass is 183 g/mol. The van der Waals surface area contributed by atoms with E-state index in [1.54, 1.807) is 0 Å². The Balaban J connectivity index is 3.52. The first kappa shape index (κ1) is 11.9. The lowest BCUT2D eigenvalue weighted by Crippen LogP contribution is -2.30. The van der Waals surface area contributed by atoms with E-state index < -0.39 is 0 Å². The van der Waals surface area contributed by atoms with Crippen LogP contribution in [-0.2, 0) is 4.79 Å². The minimum absolute atomic E-state index is 0.00208. The zero-order valence-electron chi connectivity index (χ0n) is 8.05. The van der Waals surface area contributed by atoms with E-state index in [-0.39, 0.29) is 11.8 Å². The van der Waals surface area contributed by atoms with Gasteiger partial charge in [0.2, 0.25) is 5.91 Å². The van der Waals surface area contributed by atoms with Gasteiger partial charge in [-0.15, -0.1) is 0 Å². The summed E-state index contributed by atoms with van der Waals surface area (Å²) < 4.78 is 0. The van der Waals surface area contributed by atoms with Gasteiger partial charge in [0.15, 0.2) is 0 Å². The number of rotatable bonds is 6. The van der Waals surface area contributed by atoms with Crippen molar-refractivity contribution < 1.29 is 4.79 Å². The van der Waals surface area contributed by atoms with Crippen molar-refractivity contribution in [3.63, 3.8) is 0 Å². The topological polar surface area (TPSA) is 78.9 Å². The molecule has 0 bridgehead atoms. The summed E-state index contributed by atoms with van der Waals surface area (Å²) in [7, 11) is 0. The Morgan fingerprint density at radius 1 is 1.69 bits per heavy atom. The van der Waals surface area contributed by atoms with E-state index in [0.717, 1.165) is 12.8 Å². The van der Waals surface area contributed by atoms with Crippen molar-refractivity contribution in [3.8, 4) is 6.07 Å². The van der Waals surface area contributed by atoms with Crippen LogP contribution in [-0.4, -0.2) is 19.0 Å². The SMILES string of the molecule is CC(CCCN)C(=O)NCCC#N. The fourth-order valence-corrected chi connectivity index (χ4v) is 0.971. The predicted molar refractivity (Wildman–Crippen MR) is 50.7 cm³/mol. The third kappa shape index (κ3) is 6.12. The number of carbonyl (C=O) groups excluding carboxylic acids is 1. The molecule has 0 aliphatic heterocycles. The van der Waals surface area contributed by atoms with Gasteiger partial charge in [0, 0.05) is 12.5 Å². The Morgan fingerprint density at radius 2 is 2.38 bits per heavy atom. The fraction of sp³-hybridized carbons (Fsp3) is 0.778. The molecule has 74 valence electrons. The summed E-state index contributed by atoms with van der Waals surface area (Å²) in [6, 6.07) is 1.97. The molecule has 0 saturated carbocycles. The molecule has 13 heavy (non-hydrogen) atoms. The Labute approximate surface area is 79.1 Å². The smallest absolute Gasteiger partial charge is 0.222 e. The molecule has 0 aliphatic carbocycles. The van der Waals surface area contributed by atoms with E-state index >= 15 is 0 Å². The molecule has 0 aromatic rings. The first-order chi connectivity index (χ1) is 6.22. The maximum atomic E-state index is 11.3. The number of amides is 1. The Bertz CT molecular complexity index is 186. The van der Waals surface area contributed by atoms with Gasteiger partial charge in [-0.2, -0.15) is 5.26 Å². The van der Waals surface area contributed by atoms with Crippen LogP contribution in [0.1, 0.15) is 26.2 Å². The second kappa shape index (κ2) is 7.56. The second-order valence-corrected chi connectivity index (χ2v) is 3.03. The van der Waals surface area contributed by atoms with Crippen LogP contribution >= 0.6 is 0 Å². The standard InChI is InChI=1S/C9H17N3O/c1-8(4-2-5-10)9(13)12-7-3-6-11/h8H,2-5,7,10H2,1H3,(H,12,13). The number of nitrogens with zero attached hydrogens (tertiary/aromatic N) is 1. The molecule has 0 aromatic heterocycles. The summed E-state index contributed by atoms with van der Waals surface area (Å²) in [6.45, 7) is 2.94.